The first-order chi connectivity index (χ1) is 15.6. The van der Waals surface area contributed by atoms with Crippen LogP contribution in [-0.2, 0) is 9.47 Å². The second-order valence-corrected chi connectivity index (χ2v) is 7.64. The summed E-state index contributed by atoms with van der Waals surface area (Å²) >= 11 is 5.90. The van der Waals surface area contributed by atoms with Gasteiger partial charge in [0.15, 0.2) is 6.29 Å². The number of hydrogen-bond acceptors (Lipinski definition) is 12. The fourth-order valence-corrected chi connectivity index (χ4v) is 3.22. The summed E-state index contributed by atoms with van der Waals surface area (Å²) < 4.78 is 10.4. The Morgan fingerprint density at radius 1 is 1.15 bits per heavy atom. The highest BCUT2D eigenvalue weighted by Gasteiger charge is 2.46. The lowest BCUT2D eigenvalue weighted by molar-refractivity contribution is -0.326. The Hall–Kier alpha value is -1.75. The number of benzene rings is 1. The third kappa shape index (κ3) is 6.88. The van der Waals surface area contributed by atoms with Crippen molar-refractivity contribution in [2.45, 2.75) is 55.1 Å². The molecule has 9 atom stereocenters. The SMILES string of the molecule is O=C(NN=CC(O)C(O)C(OC1OC(CO)C(O)C(O)C1O)C(O)CO)c1ccccc1Cl. The summed E-state index contributed by atoms with van der Waals surface area (Å²) in [4.78, 5) is 12.1. The highest BCUT2D eigenvalue weighted by molar-refractivity contribution is 6.33. The van der Waals surface area contributed by atoms with E-state index in [0.717, 1.165) is 0 Å². The molecule has 1 heterocycles. The number of rotatable bonds is 10. The zero-order valence-electron chi connectivity index (χ0n) is 17.1. The number of ether oxygens (including phenoxy) is 2. The van der Waals surface area contributed by atoms with E-state index in [2.05, 4.69) is 10.5 Å². The van der Waals surface area contributed by atoms with Crippen molar-refractivity contribution in [2.75, 3.05) is 13.2 Å². The number of nitrogens with one attached hydrogen (secondary N) is 1. The minimum absolute atomic E-state index is 0.103. The molecule has 0 spiro atoms. The van der Waals surface area contributed by atoms with Gasteiger partial charge in [0.1, 0.15) is 48.8 Å². The number of amides is 1. The maximum atomic E-state index is 12.1. The van der Waals surface area contributed by atoms with Crippen molar-refractivity contribution < 1.29 is 55.1 Å². The first kappa shape index (κ1) is 27.5. The van der Waals surface area contributed by atoms with E-state index in [4.69, 9.17) is 21.1 Å². The van der Waals surface area contributed by atoms with Crippen molar-refractivity contribution in [1.82, 2.24) is 5.43 Å². The number of carbonyl (C=O) groups is 1. The summed E-state index contributed by atoms with van der Waals surface area (Å²) in [6, 6.07) is 6.10. The van der Waals surface area contributed by atoms with Gasteiger partial charge in [0.05, 0.1) is 30.0 Å². The summed E-state index contributed by atoms with van der Waals surface area (Å²) in [6.45, 7) is -1.69. The Morgan fingerprint density at radius 2 is 1.82 bits per heavy atom. The lowest BCUT2D eigenvalue weighted by atomic mass is 9.98. The number of halogens is 1. The van der Waals surface area contributed by atoms with E-state index in [9.17, 15) is 45.6 Å². The molecule has 33 heavy (non-hydrogen) atoms. The molecule has 0 bridgehead atoms. The number of aliphatic hydroxyl groups is 8. The number of carbonyl (C=O) groups excluding carboxylic acids is 1. The molecule has 1 fully saturated rings. The van der Waals surface area contributed by atoms with Crippen LogP contribution in [0.4, 0.5) is 0 Å². The van der Waals surface area contributed by atoms with Crippen LogP contribution in [0.15, 0.2) is 29.4 Å². The van der Waals surface area contributed by atoms with E-state index >= 15 is 0 Å². The number of hydrazone groups is 1. The average Bonchev–Trinajstić information content (AvgIpc) is 2.81. The van der Waals surface area contributed by atoms with Gasteiger partial charge in [-0.25, -0.2) is 5.43 Å². The lowest BCUT2D eigenvalue weighted by Gasteiger charge is -2.42. The molecule has 0 aromatic heterocycles. The van der Waals surface area contributed by atoms with Gasteiger partial charge in [-0.05, 0) is 12.1 Å². The predicted octanol–water partition coefficient (Wildman–Crippen LogP) is -3.68. The molecule has 1 aromatic rings. The Balaban J connectivity index is 2.06. The second kappa shape index (κ2) is 12.6. The summed E-state index contributed by atoms with van der Waals surface area (Å²) in [7, 11) is 0. The fourth-order valence-electron chi connectivity index (χ4n) is 3.00. The molecule has 1 aliphatic heterocycles. The van der Waals surface area contributed by atoms with Crippen LogP contribution in [0.2, 0.25) is 5.02 Å². The van der Waals surface area contributed by atoms with Crippen molar-refractivity contribution in [3.8, 4) is 0 Å². The molecule has 13 nitrogen and oxygen atoms in total. The van der Waals surface area contributed by atoms with Gasteiger partial charge in [-0.15, -0.1) is 0 Å². The number of aliphatic hydroxyl groups excluding tert-OH is 8. The molecule has 14 heteroatoms. The van der Waals surface area contributed by atoms with Crippen molar-refractivity contribution >= 4 is 23.7 Å². The summed E-state index contributed by atoms with van der Waals surface area (Å²) in [5.74, 6) is -0.706. The highest BCUT2D eigenvalue weighted by Crippen LogP contribution is 2.25. The average molecular weight is 495 g/mol. The van der Waals surface area contributed by atoms with Gasteiger partial charge < -0.3 is 50.3 Å². The molecule has 1 aliphatic rings. The molecule has 1 aromatic carbocycles. The number of nitrogens with zero attached hydrogens (tertiary/aromatic N) is 1. The largest absolute Gasteiger partial charge is 0.394 e. The van der Waals surface area contributed by atoms with Gasteiger partial charge in [0.2, 0.25) is 0 Å². The molecule has 9 unspecified atom stereocenters. The van der Waals surface area contributed by atoms with Crippen molar-refractivity contribution in [3.63, 3.8) is 0 Å². The van der Waals surface area contributed by atoms with Crippen LogP contribution in [0.5, 0.6) is 0 Å². The Bertz CT molecular complexity index is 799. The third-order valence-corrected chi connectivity index (χ3v) is 5.23. The molecule has 186 valence electrons. The maximum absolute atomic E-state index is 12.1. The summed E-state index contributed by atoms with van der Waals surface area (Å²) in [6.07, 6.45) is -15.1. The molecular formula is C19H27ClN2O11. The van der Waals surface area contributed by atoms with Crippen molar-refractivity contribution in [2.24, 2.45) is 5.10 Å². The first-order valence-electron chi connectivity index (χ1n) is 9.81. The predicted molar refractivity (Wildman–Crippen MR) is 111 cm³/mol. The van der Waals surface area contributed by atoms with E-state index in [1.165, 1.54) is 12.1 Å². The quantitative estimate of drug-likeness (QED) is 0.114. The normalized spacial score (nSPS) is 29.4. The van der Waals surface area contributed by atoms with Gasteiger partial charge in [0.25, 0.3) is 5.91 Å². The first-order valence-corrected chi connectivity index (χ1v) is 10.2. The van der Waals surface area contributed by atoms with Crippen LogP contribution in [0.1, 0.15) is 10.4 Å². The molecular weight excluding hydrogens is 468 g/mol. The molecule has 0 aliphatic carbocycles. The molecule has 1 amide bonds. The van der Waals surface area contributed by atoms with Crippen LogP contribution in [0, 0.1) is 0 Å². The summed E-state index contributed by atoms with van der Waals surface area (Å²) in [5.41, 5.74) is 2.19. The van der Waals surface area contributed by atoms with Gasteiger partial charge in [-0.1, -0.05) is 23.7 Å². The van der Waals surface area contributed by atoms with Crippen molar-refractivity contribution in [1.29, 1.82) is 0 Å². The van der Waals surface area contributed by atoms with Gasteiger partial charge in [-0.2, -0.15) is 5.10 Å². The standard InChI is InChI=1S/C19H27ClN2O11/c20-9-4-2-1-3-8(9)18(31)22-21-5-10(25)13(27)17(11(26)6-23)33-19-16(30)15(29)14(28)12(7-24)32-19/h1-5,10-17,19,23-30H,6-7H2,(H,22,31). The minimum Gasteiger partial charge on any atom is -0.394 e. The molecule has 2 rings (SSSR count). The van der Waals surface area contributed by atoms with Crippen LogP contribution < -0.4 is 5.43 Å². The van der Waals surface area contributed by atoms with Gasteiger partial charge >= 0.3 is 0 Å². The number of hydrogen-bond donors (Lipinski definition) is 9. The monoisotopic (exact) mass is 494 g/mol. The zero-order chi connectivity index (χ0) is 24.7. The molecule has 9 N–H and O–H groups in total. The highest BCUT2D eigenvalue weighted by atomic mass is 35.5. The van der Waals surface area contributed by atoms with Gasteiger partial charge in [-0.3, -0.25) is 4.79 Å². The lowest BCUT2D eigenvalue weighted by Crippen LogP contribution is -2.61. The van der Waals surface area contributed by atoms with E-state index in [1.807, 2.05) is 0 Å². The maximum Gasteiger partial charge on any atom is 0.272 e. The topological polar surface area (TPSA) is 222 Å². The summed E-state index contributed by atoms with van der Waals surface area (Å²) in [5, 5.41) is 82.5. The Morgan fingerprint density at radius 3 is 2.42 bits per heavy atom. The van der Waals surface area contributed by atoms with E-state index in [0.29, 0.717) is 6.21 Å². The molecule has 0 saturated carbocycles. The Kier molecular flexibility index (Phi) is 10.5. The van der Waals surface area contributed by atoms with Crippen LogP contribution in [0.3, 0.4) is 0 Å². The Labute approximate surface area is 193 Å². The van der Waals surface area contributed by atoms with Crippen LogP contribution in [0.25, 0.3) is 0 Å². The van der Waals surface area contributed by atoms with Crippen molar-refractivity contribution in [3.05, 3.63) is 34.9 Å². The van der Waals surface area contributed by atoms with Gasteiger partial charge in [0, 0.05) is 0 Å². The smallest absolute Gasteiger partial charge is 0.272 e. The van der Waals surface area contributed by atoms with Crippen LogP contribution >= 0.6 is 11.6 Å². The molecule has 0 radical (unpaired) electrons. The van der Waals surface area contributed by atoms with E-state index in [-0.39, 0.29) is 10.6 Å². The van der Waals surface area contributed by atoms with E-state index in [1.54, 1.807) is 12.1 Å². The van der Waals surface area contributed by atoms with E-state index < -0.39 is 74.2 Å². The second-order valence-electron chi connectivity index (χ2n) is 7.23. The fraction of sp³-hybridized carbons (Fsp3) is 0.579. The van der Waals surface area contributed by atoms with Crippen LogP contribution in [-0.4, -0.2) is 121 Å². The zero-order valence-corrected chi connectivity index (χ0v) is 17.9. The minimum atomic E-state index is -1.97. The molecule has 1 saturated heterocycles. The third-order valence-electron chi connectivity index (χ3n) is 4.90.